The van der Waals surface area contributed by atoms with Crippen LogP contribution in [-0.2, 0) is 14.8 Å². The number of likely N-dealkylation sites (tertiary alicyclic amines) is 1. The van der Waals surface area contributed by atoms with Gasteiger partial charge in [0.05, 0.1) is 10.0 Å². The third-order valence-corrected chi connectivity index (χ3v) is 8.65. The number of amides is 1. The first-order valence-corrected chi connectivity index (χ1v) is 13.8. The van der Waals surface area contributed by atoms with Crippen molar-refractivity contribution < 1.29 is 17.9 Å². The Balaban J connectivity index is 1.23. The molecule has 0 atom stereocenters. The van der Waals surface area contributed by atoms with Crippen molar-refractivity contribution >= 4 is 39.1 Å². The lowest BCUT2D eigenvalue weighted by atomic mass is 9.84. The fraction of sp³-hybridized carbons (Fsp3) is 0.500. The third-order valence-electron chi connectivity index (χ3n) is 6.65. The molecule has 0 spiro atoms. The number of aryl methyl sites for hydroxylation is 1. The van der Waals surface area contributed by atoms with Gasteiger partial charge >= 0.3 is 0 Å². The van der Waals surface area contributed by atoms with Gasteiger partial charge in [-0.05, 0) is 69.2 Å². The average molecular weight is 526 g/mol. The molecule has 1 aliphatic carbocycles. The second-order valence-electron chi connectivity index (χ2n) is 9.08. The van der Waals surface area contributed by atoms with Gasteiger partial charge in [-0.25, -0.2) is 9.71 Å². The molecule has 1 saturated heterocycles. The van der Waals surface area contributed by atoms with Crippen LogP contribution in [0.1, 0.15) is 44.1 Å². The summed E-state index contributed by atoms with van der Waals surface area (Å²) in [5.74, 6) is -0.00304. The molecular formula is C24H29Cl2N3O4S. The van der Waals surface area contributed by atoms with Crippen LogP contribution in [0.3, 0.4) is 0 Å². The van der Waals surface area contributed by atoms with E-state index in [1.807, 2.05) is 13.0 Å². The fourth-order valence-electron chi connectivity index (χ4n) is 4.69. The third kappa shape index (κ3) is 6.22. The Kier molecular flexibility index (Phi) is 8.02. The first-order chi connectivity index (χ1) is 16.2. The molecule has 184 valence electrons. The molecule has 34 heavy (non-hydrogen) atoms. The molecule has 0 bridgehead atoms. The molecule has 2 aromatic rings. The lowest BCUT2D eigenvalue weighted by Gasteiger charge is -2.40. The van der Waals surface area contributed by atoms with E-state index in [4.69, 9.17) is 27.9 Å². The number of ether oxygens (including phenoxy) is 1. The number of halogens is 2. The van der Waals surface area contributed by atoms with Crippen molar-refractivity contribution in [2.24, 2.45) is 5.92 Å². The highest BCUT2D eigenvalue weighted by Crippen LogP contribution is 2.32. The van der Waals surface area contributed by atoms with Crippen molar-refractivity contribution in [1.29, 1.82) is 0 Å². The molecule has 4 rings (SSSR count). The van der Waals surface area contributed by atoms with Crippen LogP contribution in [0, 0.1) is 12.8 Å². The van der Waals surface area contributed by atoms with Crippen LogP contribution < -0.4 is 9.46 Å². The normalized spacial score (nSPS) is 22.3. The van der Waals surface area contributed by atoms with Gasteiger partial charge in [0.15, 0.2) is 5.03 Å². The quantitative estimate of drug-likeness (QED) is 0.592. The monoisotopic (exact) mass is 525 g/mol. The number of rotatable bonds is 6. The second-order valence-corrected chi connectivity index (χ2v) is 11.5. The molecule has 0 radical (unpaired) electrons. The summed E-state index contributed by atoms with van der Waals surface area (Å²) < 4.78 is 33.2. The number of carbonyl (C=O) groups is 1. The maximum Gasteiger partial charge on any atom is 0.281 e. The minimum Gasteiger partial charge on any atom is -0.490 e. The number of aromatic nitrogens is 1. The molecule has 2 aliphatic rings. The zero-order chi connectivity index (χ0) is 24.3. The standard InChI is InChI=1S/C24H29Cl2N3O4S/c1-16-2-9-23(27-15-16)34(31,32)28-24(30)17-3-5-18(6-4-17)29-12-10-19(11-13-29)33-20-7-8-21(25)22(26)14-20/h2,7-9,14-15,17-19H,3-6,10-13H2,1H3,(H,28,30). The maximum atomic E-state index is 12.6. The number of benzene rings is 1. The van der Waals surface area contributed by atoms with Crippen LogP contribution in [0.4, 0.5) is 0 Å². The molecule has 2 heterocycles. The van der Waals surface area contributed by atoms with Gasteiger partial charge in [0.1, 0.15) is 11.9 Å². The zero-order valence-corrected chi connectivity index (χ0v) is 21.4. The first kappa shape index (κ1) is 25.2. The molecule has 7 nitrogen and oxygen atoms in total. The Labute approximate surface area is 210 Å². The van der Waals surface area contributed by atoms with E-state index in [1.165, 1.54) is 12.3 Å². The van der Waals surface area contributed by atoms with Crippen LogP contribution in [0.2, 0.25) is 10.0 Å². The van der Waals surface area contributed by atoms with E-state index < -0.39 is 15.9 Å². The number of sulfonamides is 1. The number of nitrogens with zero attached hydrogens (tertiary/aromatic N) is 2. The van der Waals surface area contributed by atoms with Gasteiger partial charge in [-0.15, -0.1) is 0 Å². The van der Waals surface area contributed by atoms with E-state index >= 15 is 0 Å². The molecule has 1 aliphatic heterocycles. The van der Waals surface area contributed by atoms with E-state index in [9.17, 15) is 13.2 Å². The van der Waals surface area contributed by atoms with Gasteiger partial charge in [0, 0.05) is 37.3 Å². The van der Waals surface area contributed by atoms with E-state index in [1.54, 1.807) is 18.2 Å². The van der Waals surface area contributed by atoms with E-state index in [2.05, 4.69) is 14.6 Å². The molecule has 2 fully saturated rings. The summed E-state index contributed by atoms with van der Waals surface area (Å²) in [5.41, 5.74) is 0.855. The summed E-state index contributed by atoms with van der Waals surface area (Å²) in [4.78, 5) is 19.0. The van der Waals surface area contributed by atoms with Crippen LogP contribution in [0.25, 0.3) is 0 Å². The minimum absolute atomic E-state index is 0.133. The lowest BCUT2D eigenvalue weighted by molar-refractivity contribution is -0.124. The molecule has 10 heteroatoms. The van der Waals surface area contributed by atoms with E-state index in [0.29, 0.717) is 28.9 Å². The largest absolute Gasteiger partial charge is 0.490 e. The minimum atomic E-state index is -3.95. The summed E-state index contributed by atoms with van der Waals surface area (Å²) in [6.07, 6.45) is 6.54. The van der Waals surface area contributed by atoms with Gasteiger partial charge in [-0.3, -0.25) is 4.79 Å². The van der Waals surface area contributed by atoms with Crippen molar-refractivity contribution in [3.63, 3.8) is 0 Å². The Bertz CT molecular complexity index is 1110. The Hall–Kier alpha value is -1.87. The summed E-state index contributed by atoms with van der Waals surface area (Å²) in [5, 5.41) is 0.865. The molecule has 1 amide bonds. The van der Waals surface area contributed by atoms with Gasteiger partial charge in [-0.1, -0.05) is 29.3 Å². The highest BCUT2D eigenvalue weighted by Gasteiger charge is 2.33. The predicted molar refractivity (Wildman–Crippen MR) is 132 cm³/mol. The maximum absolute atomic E-state index is 12.6. The highest BCUT2D eigenvalue weighted by atomic mass is 35.5. The van der Waals surface area contributed by atoms with E-state index in [-0.39, 0.29) is 17.0 Å². The Morgan fingerprint density at radius 2 is 1.74 bits per heavy atom. The number of hydrogen-bond donors (Lipinski definition) is 1. The predicted octanol–water partition coefficient (Wildman–Crippen LogP) is 4.60. The van der Waals surface area contributed by atoms with E-state index in [0.717, 1.165) is 50.1 Å². The number of pyridine rings is 1. The van der Waals surface area contributed by atoms with Crippen molar-refractivity contribution in [2.45, 2.75) is 62.6 Å². The van der Waals surface area contributed by atoms with Crippen LogP contribution in [0.5, 0.6) is 5.75 Å². The van der Waals surface area contributed by atoms with Crippen molar-refractivity contribution in [1.82, 2.24) is 14.6 Å². The number of nitrogens with one attached hydrogen (secondary N) is 1. The van der Waals surface area contributed by atoms with Crippen molar-refractivity contribution in [3.8, 4) is 5.75 Å². The summed E-state index contributed by atoms with van der Waals surface area (Å²) >= 11 is 12.0. The van der Waals surface area contributed by atoms with Gasteiger partial charge in [0.2, 0.25) is 5.91 Å². The molecule has 1 saturated carbocycles. The smallest absolute Gasteiger partial charge is 0.281 e. The zero-order valence-electron chi connectivity index (χ0n) is 19.0. The SMILES string of the molecule is Cc1ccc(S(=O)(=O)NC(=O)C2CCC(N3CCC(Oc4ccc(Cl)c(Cl)c4)CC3)CC2)nc1. The van der Waals surface area contributed by atoms with Crippen LogP contribution in [0.15, 0.2) is 41.6 Å². The summed E-state index contributed by atoms with van der Waals surface area (Å²) in [6, 6.07) is 8.81. The average Bonchev–Trinajstić information content (AvgIpc) is 2.82. The first-order valence-electron chi connectivity index (χ1n) is 11.6. The van der Waals surface area contributed by atoms with Crippen LogP contribution >= 0.6 is 23.2 Å². The fourth-order valence-corrected chi connectivity index (χ4v) is 5.95. The van der Waals surface area contributed by atoms with Crippen molar-refractivity contribution in [2.75, 3.05) is 13.1 Å². The Morgan fingerprint density at radius 1 is 1.03 bits per heavy atom. The molecular weight excluding hydrogens is 497 g/mol. The molecule has 1 N–H and O–H groups in total. The molecule has 1 aromatic heterocycles. The highest BCUT2D eigenvalue weighted by molar-refractivity contribution is 7.90. The van der Waals surface area contributed by atoms with Crippen molar-refractivity contribution in [3.05, 3.63) is 52.1 Å². The van der Waals surface area contributed by atoms with Gasteiger partial charge in [0.25, 0.3) is 10.0 Å². The lowest BCUT2D eigenvalue weighted by Crippen LogP contribution is -2.46. The van der Waals surface area contributed by atoms with Gasteiger partial charge < -0.3 is 9.64 Å². The topological polar surface area (TPSA) is 88.6 Å². The number of hydrogen-bond acceptors (Lipinski definition) is 6. The second kappa shape index (κ2) is 10.8. The Morgan fingerprint density at radius 3 is 2.35 bits per heavy atom. The number of carbonyl (C=O) groups excluding carboxylic acids is 1. The van der Waals surface area contributed by atoms with Gasteiger partial charge in [-0.2, -0.15) is 8.42 Å². The van der Waals surface area contributed by atoms with Crippen LogP contribution in [-0.4, -0.2) is 49.4 Å². The number of piperidine rings is 1. The summed E-state index contributed by atoms with van der Waals surface area (Å²) in [7, 11) is -3.95. The summed E-state index contributed by atoms with van der Waals surface area (Å²) in [6.45, 7) is 3.69. The molecule has 1 aromatic carbocycles. The molecule has 0 unspecified atom stereocenters.